The minimum Gasteiger partial charge on any atom is -0.480 e. The van der Waals surface area contributed by atoms with Gasteiger partial charge < -0.3 is 35.1 Å². The summed E-state index contributed by atoms with van der Waals surface area (Å²) in [5.41, 5.74) is 3.47. The smallest absolute Gasteiger partial charge is 0.408 e. The molecule has 1 aromatic heterocycles. The van der Waals surface area contributed by atoms with E-state index in [-0.39, 0.29) is 44.3 Å². The van der Waals surface area contributed by atoms with Crippen molar-refractivity contribution in [2.45, 2.75) is 32.7 Å². The van der Waals surface area contributed by atoms with Gasteiger partial charge in [-0.25, -0.2) is 14.6 Å². The number of alkyl carbamates (subject to hydrolysis) is 1. The van der Waals surface area contributed by atoms with Gasteiger partial charge in [0.25, 0.3) is 5.91 Å². The van der Waals surface area contributed by atoms with Crippen molar-refractivity contribution < 1.29 is 33.8 Å². The Morgan fingerprint density at radius 1 is 0.930 bits per heavy atom. The lowest BCUT2D eigenvalue weighted by Crippen LogP contribution is -2.48. The Labute approximate surface area is 248 Å². The average molecular weight is 588 g/mol. The van der Waals surface area contributed by atoms with Crippen LogP contribution < -0.4 is 10.6 Å². The highest BCUT2D eigenvalue weighted by Gasteiger charge is 2.22. The summed E-state index contributed by atoms with van der Waals surface area (Å²) in [5.74, 6) is -1.43. The molecule has 4 aromatic rings. The number of ether oxygens (including phenoxy) is 2. The molecule has 12 heteroatoms. The number of fused-ring (bicyclic) bond motifs is 1. The number of nitrogens with one attached hydrogen (secondary N) is 3. The van der Waals surface area contributed by atoms with E-state index in [2.05, 4.69) is 20.6 Å². The first-order valence-corrected chi connectivity index (χ1v) is 13.7. The molecule has 0 aliphatic heterocycles. The van der Waals surface area contributed by atoms with Crippen molar-refractivity contribution in [3.05, 3.63) is 101 Å². The Kier molecular flexibility index (Phi) is 10.8. The Balaban J connectivity index is 1.33. The highest BCUT2D eigenvalue weighted by atomic mass is 16.5. The summed E-state index contributed by atoms with van der Waals surface area (Å²) >= 11 is 0. The fourth-order valence-corrected chi connectivity index (χ4v) is 4.16. The number of amides is 3. The molecule has 12 nitrogen and oxygen atoms in total. The normalized spacial score (nSPS) is 11.5. The van der Waals surface area contributed by atoms with Crippen LogP contribution >= 0.6 is 0 Å². The predicted octanol–water partition coefficient (Wildman–Crippen LogP) is 3.24. The van der Waals surface area contributed by atoms with Crippen LogP contribution in [0, 0.1) is 0 Å². The van der Waals surface area contributed by atoms with Crippen LogP contribution in [0.2, 0.25) is 0 Å². The summed E-state index contributed by atoms with van der Waals surface area (Å²) in [6.07, 6.45) is -0.916. The van der Waals surface area contributed by atoms with Crippen LogP contribution in [0.15, 0.2) is 78.9 Å². The lowest BCUT2D eigenvalue weighted by Gasteiger charge is -2.22. The molecule has 0 saturated heterocycles. The third-order valence-electron chi connectivity index (χ3n) is 6.42. The maximum absolute atomic E-state index is 12.9. The van der Waals surface area contributed by atoms with Crippen molar-refractivity contribution in [3.8, 4) is 0 Å². The summed E-state index contributed by atoms with van der Waals surface area (Å²) in [5, 5.41) is 14.3. The molecule has 0 saturated carbocycles. The number of aromatic amines is 1. The van der Waals surface area contributed by atoms with Crippen molar-refractivity contribution in [3.63, 3.8) is 0 Å². The van der Waals surface area contributed by atoms with Gasteiger partial charge in [-0.1, -0.05) is 54.6 Å². The molecule has 0 bridgehead atoms. The van der Waals surface area contributed by atoms with Crippen LogP contribution in [-0.4, -0.2) is 69.7 Å². The second kappa shape index (κ2) is 15.1. The third kappa shape index (κ3) is 9.13. The number of aliphatic carboxylic acids is 1. The molecule has 0 unspecified atom stereocenters. The van der Waals surface area contributed by atoms with Gasteiger partial charge in [0.1, 0.15) is 25.1 Å². The van der Waals surface area contributed by atoms with Crippen LogP contribution in [-0.2, 0) is 38.8 Å². The molecule has 1 heterocycles. The summed E-state index contributed by atoms with van der Waals surface area (Å²) in [6, 6.07) is 21.7. The second-order valence-corrected chi connectivity index (χ2v) is 9.59. The zero-order valence-corrected chi connectivity index (χ0v) is 23.6. The number of H-pyrrole nitrogens is 1. The SMILES string of the molecule is CCOCC(=O)N(Cc1ccc(C(=O)NC[C@H](NC(=O)OCc2ccccc2)C(=O)O)cc1)Cc1nc2ccccc2[nH]1. The Bertz CT molecular complexity index is 1510. The number of hydrogen-bond donors (Lipinski definition) is 4. The minimum absolute atomic E-state index is 0.0232. The number of imidazole rings is 1. The zero-order valence-electron chi connectivity index (χ0n) is 23.6. The summed E-state index contributed by atoms with van der Waals surface area (Å²) in [4.78, 5) is 58.7. The van der Waals surface area contributed by atoms with Gasteiger partial charge in [-0.15, -0.1) is 0 Å². The van der Waals surface area contributed by atoms with E-state index in [1.54, 1.807) is 53.4 Å². The standard InChI is InChI=1S/C31H33N5O7/c1-2-42-20-28(37)36(18-27-33-24-10-6-7-11-25(24)34-27)17-21-12-14-23(15-13-21)29(38)32-16-26(30(39)40)35-31(41)43-19-22-8-4-3-5-9-22/h3-15,26H,2,16-20H2,1H3,(H,32,38)(H,33,34)(H,35,41)(H,39,40)/t26-/m0/s1. The third-order valence-corrected chi connectivity index (χ3v) is 6.42. The van der Waals surface area contributed by atoms with E-state index in [0.29, 0.717) is 12.4 Å². The van der Waals surface area contributed by atoms with Crippen molar-refractivity contribution in [1.29, 1.82) is 0 Å². The molecular formula is C31H33N5O7. The number of carbonyl (C=O) groups excluding carboxylic acids is 3. The number of carbonyl (C=O) groups is 4. The molecule has 4 N–H and O–H groups in total. The van der Waals surface area contributed by atoms with Gasteiger partial charge in [0.15, 0.2) is 0 Å². The fourth-order valence-electron chi connectivity index (χ4n) is 4.16. The first-order valence-electron chi connectivity index (χ1n) is 13.7. The van der Waals surface area contributed by atoms with Crippen LogP contribution in [0.5, 0.6) is 0 Å². The monoisotopic (exact) mass is 587 g/mol. The number of benzene rings is 3. The van der Waals surface area contributed by atoms with E-state index in [1.807, 2.05) is 37.3 Å². The molecular weight excluding hydrogens is 554 g/mol. The largest absolute Gasteiger partial charge is 0.480 e. The van der Waals surface area contributed by atoms with E-state index < -0.39 is 24.0 Å². The maximum atomic E-state index is 12.9. The van der Waals surface area contributed by atoms with Gasteiger partial charge in [-0.2, -0.15) is 0 Å². The van der Waals surface area contributed by atoms with Crippen LogP contribution in [0.4, 0.5) is 4.79 Å². The molecule has 0 spiro atoms. The number of hydrogen-bond acceptors (Lipinski definition) is 7. The Morgan fingerprint density at radius 2 is 1.65 bits per heavy atom. The Morgan fingerprint density at radius 3 is 2.35 bits per heavy atom. The highest BCUT2D eigenvalue weighted by Crippen LogP contribution is 2.15. The van der Waals surface area contributed by atoms with E-state index in [4.69, 9.17) is 9.47 Å². The van der Waals surface area contributed by atoms with Gasteiger partial charge in [0.05, 0.1) is 17.6 Å². The number of para-hydroxylation sites is 2. The van der Waals surface area contributed by atoms with Gasteiger partial charge in [-0.05, 0) is 42.3 Å². The van der Waals surface area contributed by atoms with Crippen LogP contribution in [0.3, 0.4) is 0 Å². The van der Waals surface area contributed by atoms with Crippen molar-refractivity contribution in [2.24, 2.45) is 0 Å². The van der Waals surface area contributed by atoms with Gasteiger partial charge in [-0.3, -0.25) is 9.59 Å². The van der Waals surface area contributed by atoms with Crippen molar-refractivity contribution in [2.75, 3.05) is 19.8 Å². The predicted molar refractivity (Wildman–Crippen MR) is 157 cm³/mol. The van der Waals surface area contributed by atoms with E-state index >= 15 is 0 Å². The van der Waals surface area contributed by atoms with Crippen LogP contribution in [0.25, 0.3) is 11.0 Å². The molecule has 0 aliphatic rings. The topological polar surface area (TPSA) is 163 Å². The zero-order chi connectivity index (χ0) is 30.6. The molecule has 43 heavy (non-hydrogen) atoms. The lowest BCUT2D eigenvalue weighted by molar-refractivity contribution is -0.139. The molecule has 0 radical (unpaired) electrons. The van der Waals surface area contributed by atoms with Gasteiger partial charge >= 0.3 is 12.1 Å². The summed E-state index contributed by atoms with van der Waals surface area (Å²) < 4.78 is 10.4. The first kappa shape index (κ1) is 30.7. The molecule has 0 aliphatic carbocycles. The number of nitrogens with zero attached hydrogens (tertiary/aromatic N) is 2. The summed E-state index contributed by atoms with van der Waals surface area (Å²) in [7, 11) is 0. The molecule has 0 fully saturated rings. The Hall–Kier alpha value is -5.23. The van der Waals surface area contributed by atoms with Crippen LogP contribution in [0.1, 0.15) is 34.2 Å². The second-order valence-electron chi connectivity index (χ2n) is 9.59. The van der Waals surface area contributed by atoms with Gasteiger partial charge in [0, 0.05) is 25.3 Å². The quantitative estimate of drug-likeness (QED) is 0.175. The number of aromatic nitrogens is 2. The van der Waals surface area contributed by atoms with E-state index in [0.717, 1.165) is 22.2 Å². The molecule has 224 valence electrons. The van der Waals surface area contributed by atoms with Crippen molar-refractivity contribution in [1.82, 2.24) is 25.5 Å². The molecule has 3 aromatic carbocycles. The molecule has 4 rings (SSSR count). The first-order chi connectivity index (χ1) is 20.8. The van der Waals surface area contributed by atoms with E-state index in [1.165, 1.54) is 0 Å². The number of rotatable bonds is 14. The fraction of sp³-hybridized carbons (Fsp3) is 0.258. The van der Waals surface area contributed by atoms with Gasteiger partial charge in [0.2, 0.25) is 5.91 Å². The molecule has 3 amide bonds. The lowest BCUT2D eigenvalue weighted by atomic mass is 10.1. The van der Waals surface area contributed by atoms with Crippen molar-refractivity contribution >= 4 is 34.9 Å². The highest BCUT2D eigenvalue weighted by molar-refractivity contribution is 5.94. The maximum Gasteiger partial charge on any atom is 0.408 e. The molecule has 1 atom stereocenters. The number of carboxylic acid groups (broad SMARTS) is 1. The average Bonchev–Trinajstić information content (AvgIpc) is 3.43. The number of carboxylic acids is 1. The summed E-state index contributed by atoms with van der Waals surface area (Å²) in [6.45, 7) is 2.25. The van der Waals surface area contributed by atoms with E-state index in [9.17, 15) is 24.3 Å². The minimum atomic E-state index is -1.39.